The van der Waals surface area contributed by atoms with E-state index in [-0.39, 0.29) is 24.3 Å². The molecule has 2 amide bonds. The Hall–Kier alpha value is -3.28. The number of carbonyl (C=O) groups is 2. The van der Waals surface area contributed by atoms with Gasteiger partial charge in [0, 0.05) is 23.0 Å². The summed E-state index contributed by atoms with van der Waals surface area (Å²) in [4.78, 5) is 24.3. The molecule has 0 atom stereocenters. The van der Waals surface area contributed by atoms with Gasteiger partial charge in [0.1, 0.15) is 12.4 Å². The number of hydrogen-bond acceptors (Lipinski definition) is 4. The molecule has 0 spiro atoms. The Kier molecular flexibility index (Phi) is 6.54. The van der Waals surface area contributed by atoms with Gasteiger partial charge in [0.2, 0.25) is 11.8 Å². The molecule has 6 nitrogen and oxygen atoms in total. The fourth-order valence-electron chi connectivity index (χ4n) is 2.76. The molecule has 29 heavy (non-hydrogen) atoms. The second kappa shape index (κ2) is 9.28. The summed E-state index contributed by atoms with van der Waals surface area (Å²) in [7, 11) is 0. The highest BCUT2D eigenvalue weighted by molar-refractivity contribution is 5.96. The van der Waals surface area contributed by atoms with Crippen LogP contribution in [0.2, 0.25) is 0 Å². The van der Waals surface area contributed by atoms with E-state index in [9.17, 15) is 9.59 Å². The van der Waals surface area contributed by atoms with Crippen LogP contribution in [0.25, 0.3) is 0 Å². The van der Waals surface area contributed by atoms with Crippen molar-refractivity contribution in [3.05, 3.63) is 60.2 Å². The molecule has 0 bridgehead atoms. The van der Waals surface area contributed by atoms with Crippen LogP contribution in [-0.4, -0.2) is 25.0 Å². The zero-order valence-corrected chi connectivity index (χ0v) is 16.9. The van der Waals surface area contributed by atoms with Crippen molar-refractivity contribution in [3.8, 4) is 5.75 Å². The number of amides is 2. The number of carbonyl (C=O) groups excluding carboxylic acids is 2. The average Bonchev–Trinajstić information content (AvgIpc) is 3.53. The highest BCUT2D eigenvalue weighted by Crippen LogP contribution is 2.31. The van der Waals surface area contributed by atoms with Crippen molar-refractivity contribution in [2.24, 2.45) is 5.92 Å². The first kappa shape index (κ1) is 20.5. The molecule has 0 radical (unpaired) electrons. The molecule has 2 aromatic carbocycles. The van der Waals surface area contributed by atoms with Crippen LogP contribution in [0.15, 0.2) is 54.6 Å². The third kappa shape index (κ3) is 6.10. The number of ether oxygens (including phenoxy) is 1. The highest BCUT2D eigenvalue weighted by Gasteiger charge is 2.29. The lowest BCUT2D eigenvalue weighted by atomic mass is 10.1. The summed E-state index contributed by atoms with van der Waals surface area (Å²) in [5, 5.41) is 8.95. The maximum atomic E-state index is 12.3. The minimum Gasteiger partial charge on any atom is -0.489 e. The van der Waals surface area contributed by atoms with Crippen LogP contribution in [0.1, 0.15) is 25.3 Å². The van der Waals surface area contributed by atoms with Gasteiger partial charge in [-0.15, -0.1) is 0 Å². The number of hydrogen-bond donors (Lipinski definition) is 3. The van der Waals surface area contributed by atoms with Gasteiger partial charge in [-0.05, 0) is 74.2 Å². The first-order valence-electron chi connectivity index (χ1n) is 9.74. The van der Waals surface area contributed by atoms with Gasteiger partial charge in [-0.2, -0.15) is 0 Å². The monoisotopic (exact) mass is 393 g/mol. The van der Waals surface area contributed by atoms with E-state index in [0.717, 1.165) is 41.1 Å². The average molecular weight is 393 g/mol. The summed E-state index contributed by atoms with van der Waals surface area (Å²) in [5.74, 6) is 0.783. The Bertz CT molecular complexity index is 902. The van der Waals surface area contributed by atoms with E-state index in [1.165, 1.54) is 0 Å². The minimum absolute atomic E-state index is 0.0682. The molecule has 1 aliphatic carbocycles. The summed E-state index contributed by atoms with van der Waals surface area (Å²) in [6, 6.07) is 12.8. The van der Waals surface area contributed by atoms with Crippen LogP contribution in [0.5, 0.6) is 5.75 Å². The van der Waals surface area contributed by atoms with E-state index in [4.69, 9.17) is 4.74 Å². The largest absolute Gasteiger partial charge is 0.489 e. The van der Waals surface area contributed by atoms with E-state index >= 15 is 0 Å². The van der Waals surface area contributed by atoms with Gasteiger partial charge in [0.25, 0.3) is 0 Å². The van der Waals surface area contributed by atoms with Crippen LogP contribution in [0.3, 0.4) is 0 Å². The molecule has 0 aromatic heterocycles. The standard InChI is InChI=1S/C23H27N3O3/c1-15(2)14-29-19-11-9-18(10-12-19)25-22(27)13-24-20-5-4-6-21(16(20)3)26-23(28)17-7-8-17/h4-6,9-12,17,24H,1,7-8,13-14H2,2-3H3,(H,25,27)(H,26,28). The van der Waals surface area contributed by atoms with Gasteiger partial charge in [-0.1, -0.05) is 12.6 Å². The Morgan fingerprint density at radius 1 is 1.07 bits per heavy atom. The van der Waals surface area contributed by atoms with Crippen molar-refractivity contribution in [3.63, 3.8) is 0 Å². The van der Waals surface area contributed by atoms with Crippen molar-refractivity contribution in [1.82, 2.24) is 0 Å². The first-order valence-corrected chi connectivity index (χ1v) is 9.74. The fourth-order valence-corrected chi connectivity index (χ4v) is 2.76. The quantitative estimate of drug-likeness (QED) is 0.554. The van der Waals surface area contributed by atoms with Crippen LogP contribution >= 0.6 is 0 Å². The minimum atomic E-state index is -0.160. The molecule has 0 saturated heterocycles. The number of nitrogens with one attached hydrogen (secondary N) is 3. The van der Waals surface area contributed by atoms with Crippen molar-refractivity contribution < 1.29 is 14.3 Å². The summed E-state index contributed by atoms with van der Waals surface area (Å²) in [6.07, 6.45) is 1.92. The Morgan fingerprint density at radius 3 is 2.41 bits per heavy atom. The maximum absolute atomic E-state index is 12.3. The van der Waals surface area contributed by atoms with Crippen LogP contribution in [-0.2, 0) is 9.59 Å². The highest BCUT2D eigenvalue weighted by atomic mass is 16.5. The molecule has 0 heterocycles. The second-order valence-corrected chi connectivity index (χ2v) is 7.41. The van der Waals surface area contributed by atoms with Crippen molar-refractivity contribution in [2.45, 2.75) is 26.7 Å². The molecule has 0 aliphatic heterocycles. The molecule has 152 valence electrons. The topological polar surface area (TPSA) is 79.5 Å². The first-order chi connectivity index (χ1) is 13.9. The molecule has 1 aliphatic rings. The van der Waals surface area contributed by atoms with Crippen molar-refractivity contribution >= 4 is 28.9 Å². The molecule has 1 fully saturated rings. The molecule has 3 rings (SSSR count). The van der Waals surface area contributed by atoms with Crippen LogP contribution in [0, 0.1) is 12.8 Å². The van der Waals surface area contributed by atoms with Gasteiger partial charge >= 0.3 is 0 Å². The van der Waals surface area contributed by atoms with Gasteiger partial charge < -0.3 is 20.7 Å². The van der Waals surface area contributed by atoms with Crippen LogP contribution in [0.4, 0.5) is 17.1 Å². The molecule has 0 unspecified atom stereocenters. The van der Waals surface area contributed by atoms with E-state index in [0.29, 0.717) is 12.3 Å². The molecule has 2 aromatic rings. The van der Waals surface area contributed by atoms with Gasteiger partial charge in [-0.3, -0.25) is 9.59 Å². The number of rotatable bonds is 9. The van der Waals surface area contributed by atoms with Gasteiger partial charge in [0.05, 0.1) is 6.54 Å². The van der Waals surface area contributed by atoms with Gasteiger partial charge in [0.15, 0.2) is 0 Å². The summed E-state index contributed by atoms with van der Waals surface area (Å²) in [5.41, 5.74) is 4.14. The molecule has 1 saturated carbocycles. The van der Waals surface area contributed by atoms with Crippen molar-refractivity contribution in [1.29, 1.82) is 0 Å². The molecular formula is C23H27N3O3. The van der Waals surface area contributed by atoms with Crippen molar-refractivity contribution in [2.75, 3.05) is 29.1 Å². The predicted molar refractivity (Wildman–Crippen MR) is 116 cm³/mol. The van der Waals surface area contributed by atoms with E-state index in [1.807, 2.05) is 44.2 Å². The summed E-state index contributed by atoms with van der Waals surface area (Å²) in [6.45, 7) is 8.21. The molecule has 3 N–H and O–H groups in total. The molecular weight excluding hydrogens is 366 g/mol. The normalized spacial score (nSPS) is 12.8. The summed E-state index contributed by atoms with van der Waals surface area (Å²) >= 11 is 0. The second-order valence-electron chi connectivity index (χ2n) is 7.41. The lowest BCUT2D eigenvalue weighted by Crippen LogP contribution is -2.22. The number of anilines is 3. The fraction of sp³-hybridized carbons (Fsp3) is 0.304. The Labute approximate surface area is 171 Å². The van der Waals surface area contributed by atoms with Crippen LogP contribution < -0.4 is 20.7 Å². The third-order valence-corrected chi connectivity index (χ3v) is 4.60. The summed E-state index contributed by atoms with van der Waals surface area (Å²) < 4.78 is 5.55. The van der Waals surface area contributed by atoms with Gasteiger partial charge in [-0.25, -0.2) is 0 Å². The third-order valence-electron chi connectivity index (χ3n) is 4.60. The lowest BCUT2D eigenvalue weighted by molar-refractivity contribution is -0.117. The SMILES string of the molecule is C=C(C)COc1ccc(NC(=O)CNc2cccc(NC(=O)C3CC3)c2C)cc1. The van der Waals surface area contributed by atoms with E-state index in [1.54, 1.807) is 12.1 Å². The van der Waals surface area contributed by atoms with E-state index in [2.05, 4.69) is 22.5 Å². The zero-order valence-electron chi connectivity index (χ0n) is 16.9. The number of benzene rings is 2. The lowest BCUT2D eigenvalue weighted by Gasteiger charge is -2.14. The maximum Gasteiger partial charge on any atom is 0.243 e. The Morgan fingerprint density at radius 2 is 1.76 bits per heavy atom. The smallest absolute Gasteiger partial charge is 0.243 e. The van der Waals surface area contributed by atoms with E-state index < -0.39 is 0 Å². The molecule has 6 heteroatoms. The zero-order chi connectivity index (χ0) is 20.8. The Balaban J connectivity index is 1.51. The predicted octanol–water partition coefficient (Wildman–Crippen LogP) is 4.35.